The fourth-order valence-corrected chi connectivity index (χ4v) is 6.66. The van der Waals surface area contributed by atoms with E-state index in [1.807, 2.05) is 121 Å². The van der Waals surface area contributed by atoms with Crippen molar-refractivity contribution in [2.24, 2.45) is 11.5 Å². The number of carbonyl (C=O) groups is 2. The molecule has 1 heterocycles. The van der Waals surface area contributed by atoms with Crippen LogP contribution in [0.3, 0.4) is 0 Å². The van der Waals surface area contributed by atoms with Crippen molar-refractivity contribution in [3.05, 3.63) is 189 Å². The predicted octanol–water partition coefficient (Wildman–Crippen LogP) is 4.98. The maximum atomic E-state index is 14.9. The third-order valence-corrected chi connectivity index (χ3v) is 9.47. The Morgan fingerprint density at radius 1 is 0.673 bits per heavy atom. The maximum Gasteiger partial charge on any atom is 0.352 e. The van der Waals surface area contributed by atoms with E-state index in [1.54, 1.807) is 36.1 Å². The van der Waals surface area contributed by atoms with E-state index in [4.69, 9.17) is 11.5 Å². The molecule has 0 saturated carbocycles. The Morgan fingerprint density at radius 3 is 1.60 bits per heavy atom. The summed E-state index contributed by atoms with van der Waals surface area (Å²) in [6, 6.07) is 44.3. The molecule has 0 unspecified atom stereocenters. The van der Waals surface area contributed by atoms with Crippen molar-refractivity contribution >= 4 is 11.8 Å². The summed E-state index contributed by atoms with van der Waals surface area (Å²) in [7, 11) is 0. The average molecular weight is 695 g/mol. The summed E-state index contributed by atoms with van der Waals surface area (Å²) in [6.07, 6.45) is 0.738. The highest BCUT2D eigenvalue weighted by Gasteiger charge is 2.43. The van der Waals surface area contributed by atoms with Gasteiger partial charge in [0.15, 0.2) is 0 Å². The second-order valence-corrected chi connectivity index (χ2v) is 13.0. The van der Waals surface area contributed by atoms with Gasteiger partial charge < -0.3 is 16.4 Å². The normalized spacial score (nSPS) is 12.4. The van der Waals surface area contributed by atoms with Crippen LogP contribution in [0.5, 0.6) is 0 Å². The van der Waals surface area contributed by atoms with Gasteiger partial charge >= 0.3 is 11.4 Å². The van der Waals surface area contributed by atoms with E-state index in [2.05, 4.69) is 0 Å². The lowest BCUT2D eigenvalue weighted by Gasteiger charge is -2.41. The Balaban J connectivity index is 1.41. The van der Waals surface area contributed by atoms with E-state index in [0.717, 1.165) is 11.1 Å². The Kier molecular flexibility index (Phi) is 10.8. The molecule has 6 rings (SSSR count). The van der Waals surface area contributed by atoms with Crippen LogP contribution in [0.2, 0.25) is 0 Å². The number of benzene rings is 5. The third kappa shape index (κ3) is 7.28. The Labute approximate surface area is 302 Å². The number of carbonyl (C=O) groups excluding carboxylic acids is 2. The molecule has 0 radical (unpaired) electrons. The quantitative estimate of drug-likeness (QED) is 0.166. The summed E-state index contributed by atoms with van der Waals surface area (Å²) in [5, 5.41) is 0. The fourth-order valence-electron chi connectivity index (χ4n) is 6.66. The molecule has 52 heavy (non-hydrogen) atoms. The molecule has 4 N–H and O–H groups in total. The number of para-hydroxylation sites is 2. The highest BCUT2D eigenvalue weighted by atomic mass is 16.2. The summed E-state index contributed by atoms with van der Waals surface area (Å²) < 4.78 is 3.92. The van der Waals surface area contributed by atoms with Gasteiger partial charge in [0.2, 0.25) is 11.8 Å². The van der Waals surface area contributed by atoms with Crippen molar-refractivity contribution in [1.82, 2.24) is 18.8 Å². The molecule has 5 aromatic carbocycles. The first-order chi connectivity index (χ1) is 25.2. The first kappa shape index (κ1) is 35.6. The van der Waals surface area contributed by atoms with E-state index >= 15 is 0 Å². The molecular formula is C42H42N6O4. The zero-order valence-corrected chi connectivity index (χ0v) is 29.0. The number of nitrogens with two attached hydrogens (primary N) is 2. The standard InChI is InChI=1S/C42H42N6O4/c1-42(39(44)50,26-15-27-43)46(38(49)37(33-18-6-2-7-19-33)34-20-8-3-9-21-34)30-32-17-14-16-31(28-32)29-45-40(51)47(35-22-10-4-11-23-35)48(41(45)52)36-24-12-5-13-25-36/h2-14,16-25,28,37H,15,26-27,29-30,43H2,1H3,(H2,44,50)/t42-/m1/s1. The van der Waals surface area contributed by atoms with Crippen LogP contribution in [0.4, 0.5) is 0 Å². The zero-order valence-electron chi connectivity index (χ0n) is 29.0. The number of nitrogens with zero attached hydrogens (tertiary/aromatic N) is 4. The van der Waals surface area contributed by atoms with Gasteiger partial charge in [0.1, 0.15) is 5.54 Å². The van der Waals surface area contributed by atoms with Gasteiger partial charge in [-0.05, 0) is 72.8 Å². The minimum atomic E-state index is -1.37. The smallest absolute Gasteiger partial charge is 0.352 e. The van der Waals surface area contributed by atoms with Crippen LogP contribution in [0, 0.1) is 0 Å². The molecule has 1 aromatic heterocycles. The van der Waals surface area contributed by atoms with Gasteiger partial charge in [-0.25, -0.2) is 14.2 Å². The topological polar surface area (TPSA) is 138 Å². The first-order valence-corrected chi connectivity index (χ1v) is 17.3. The monoisotopic (exact) mass is 694 g/mol. The van der Waals surface area contributed by atoms with E-state index in [-0.39, 0.29) is 25.4 Å². The van der Waals surface area contributed by atoms with E-state index < -0.39 is 28.7 Å². The molecular weight excluding hydrogens is 652 g/mol. The molecule has 1 atom stereocenters. The third-order valence-electron chi connectivity index (χ3n) is 9.47. The zero-order chi connectivity index (χ0) is 36.7. The van der Waals surface area contributed by atoms with Crippen LogP contribution in [0.15, 0.2) is 155 Å². The minimum Gasteiger partial charge on any atom is -0.368 e. The van der Waals surface area contributed by atoms with Gasteiger partial charge in [-0.2, -0.15) is 9.36 Å². The molecule has 0 fully saturated rings. The number of hydrogen-bond acceptors (Lipinski definition) is 5. The number of hydrogen-bond donors (Lipinski definition) is 2. The molecule has 10 heteroatoms. The number of amides is 2. The minimum absolute atomic E-state index is 0.0248. The largest absolute Gasteiger partial charge is 0.368 e. The Bertz CT molecular complexity index is 2140. The number of aromatic nitrogens is 3. The molecule has 0 saturated heterocycles. The second kappa shape index (κ2) is 15.7. The highest BCUT2D eigenvalue weighted by Crippen LogP contribution is 2.33. The molecule has 0 aliphatic carbocycles. The van der Waals surface area contributed by atoms with Crippen molar-refractivity contribution in [3.63, 3.8) is 0 Å². The van der Waals surface area contributed by atoms with Gasteiger partial charge in [0.25, 0.3) is 0 Å². The molecule has 0 aliphatic rings. The second-order valence-electron chi connectivity index (χ2n) is 13.0. The lowest BCUT2D eigenvalue weighted by molar-refractivity contribution is -0.147. The molecule has 264 valence electrons. The van der Waals surface area contributed by atoms with Crippen molar-refractivity contribution in [2.75, 3.05) is 6.54 Å². The Hall–Kier alpha value is -6.26. The summed E-state index contributed by atoms with van der Waals surface area (Å²) in [4.78, 5) is 57.8. The van der Waals surface area contributed by atoms with E-state index in [1.165, 1.54) is 13.9 Å². The summed E-state index contributed by atoms with van der Waals surface area (Å²) in [5.74, 6) is -1.64. The molecule has 2 amide bonds. The number of primary amides is 1. The lowest BCUT2D eigenvalue weighted by Crippen LogP contribution is -2.58. The van der Waals surface area contributed by atoms with Crippen molar-refractivity contribution in [1.29, 1.82) is 0 Å². The molecule has 0 aliphatic heterocycles. The van der Waals surface area contributed by atoms with Crippen LogP contribution >= 0.6 is 0 Å². The SMILES string of the molecule is C[C@@](CCCN)(C(N)=O)N(Cc1cccc(Cn2c(=O)n(-c3ccccc3)n(-c3ccccc3)c2=O)c1)C(=O)C(c1ccccc1)c1ccccc1. The molecule has 10 nitrogen and oxygen atoms in total. The van der Waals surface area contributed by atoms with Crippen LogP contribution in [0.25, 0.3) is 11.4 Å². The van der Waals surface area contributed by atoms with Crippen molar-refractivity contribution in [3.8, 4) is 11.4 Å². The van der Waals surface area contributed by atoms with Gasteiger partial charge in [0, 0.05) is 6.54 Å². The highest BCUT2D eigenvalue weighted by molar-refractivity contribution is 5.94. The average Bonchev–Trinajstić information content (AvgIpc) is 3.42. The van der Waals surface area contributed by atoms with Gasteiger partial charge in [-0.3, -0.25) is 9.59 Å². The predicted molar refractivity (Wildman–Crippen MR) is 202 cm³/mol. The van der Waals surface area contributed by atoms with Gasteiger partial charge in [0.05, 0.1) is 23.8 Å². The van der Waals surface area contributed by atoms with Crippen LogP contribution in [0.1, 0.15) is 47.9 Å². The van der Waals surface area contributed by atoms with Crippen LogP contribution < -0.4 is 22.8 Å². The van der Waals surface area contributed by atoms with Crippen molar-refractivity contribution in [2.45, 2.75) is 44.3 Å². The summed E-state index contributed by atoms with van der Waals surface area (Å²) in [5.41, 5.74) is 13.6. The first-order valence-electron chi connectivity index (χ1n) is 17.3. The summed E-state index contributed by atoms with van der Waals surface area (Å²) in [6.45, 7) is 2.03. The molecule has 0 spiro atoms. The maximum absolute atomic E-state index is 14.9. The van der Waals surface area contributed by atoms with Crippen LogP contribution in [-0.2, 0) is 22.7 Å². The molecule has 0 bridgehead atoms. The van der Waals surface area contributed by atoms with Crippen LogP contribution in [-0.4, -0.2) is 42.7 Å². The summed E-state index contributed by atoms with van der Waals surface area (Å²) >= 11 is 0. The van der Waals surface area contributed by atoms with Gasteiger partial charge in [-0.15, -0.1) is 0 Å². The Morgan fingerprint density at radius 2 is 1.13 bits per heavy atom. The van der Waals surface area contributed by atoms with E-state index in [0.29, 0.717) is 35.5 Å². The lowest BCUT2D eigenvalue weighted by atomic mass is 9.85. The molecule has 6 aromatic rings. The fraction of sp³-hybridized carbons (Fsp3) is 0.190. The van der Waals surface area contributed by atoms with E-state index in [9.17, 15) is 19.2 Å². The van der Waals surface area contributed by atoms with Crippen molar-refractivity contribution < 1.29 is 9.59 Å². The van der Waals surface area contributed by atoms with Gasteiger partial charge in [-0.1, -0.05) is 121 Å². The number of rotatable bonds is 14.